The van der Waals surface area contributed by atoms with E-state index in [1.807, 2.05) is 6.92 Å². The van der Waals surface area contributed by atoms with Gasteiger partial charge in [-0.3, -0.25) is 0 Å². The predicted molar refractivity (Wildman–Crippen MR) is 54.8 cm³/mol. The van der Waals surface area contributed by atoms with Gasteiger partial charge in [0.05, 0.1) is 6.10 Å². The highest BCUT2D eigenvalue weighted by atomic mass is 16.3. The minimum Gasteiger partial charge on any atom is -0.392 e. The van der Waals surface area contributed by atoms with E-state index in [0.717, 1.165) is 25.6 Å². The van der Waals surface area contributed by atoms with E-state index in [9.17, 15) is 5.11 Å². The minimum atomic E-state index is -0.207. The Morgan fingerprint density at radius 1 is 1.62 bits per heavy atom. The molecule has 2 N–H and O–H groups in total. The van der Waals surface area contributed by atoms with Gasteiger partial charge in [0.25, 0.3) is 0 Å². The average Bonchev–Trinajstić information content (AvgIpc) is 2.04. The van der Waals surface area contributed by atoms with Crippen LogP contribution in [-0.4, -0.2) is 49.3 Å². The van der Waals surface area contributed by atoms with Crippen molar-refractivity contribution in [1.82, 2.24) is 10.2 Å². The lowest BCUT2D eigenvalue weighted by Gasteiger charge is -2.28. The molecule has 0 bridgehead atoms. The zero-order valence-corrected chi connectivity index (χ0v) is 8.79. The normalized spacial score (nSPS) is 26.3. The van der Waals surface area contributed by atoms with Crippen LogP contribution in [0.25, 0.3) is 0 Å². The number of nitrogens with one attached hydrogen (secondary N) is 1. The number of hydrogen-bond acceptors (Lipinski definition) is 3. The largest absolute Gasteiger partial charge is 0.392 e. The van der Waals surface area contributed by atoms with Crippen LogP contribution in [0.2, 0.25) is 0 Å². The van der Waals surface area contributed by atoms with Gasteiger partial charge in [-0.05, 0) is 45.8 Å². The van der Waals surface area contributed by atoms with Gasteiger partial charge in [-0.25, -0.2) is 0 Å². The minimum absolute atomic E-state index is 0.207. The second-order valence-electron chi connectivity index (χ2n) is 4.28. The average molecular weight is 186 g/mol. The summed E-state index contributed by atoms with van der Waals surface area (Å²) < 4.78 is 0. The lowest BCUT2D eigenvalue weighted by Crippen LogP contribution is -2.38. The quantitative estimate of drug-likeness (QED) is 0.663. The number of aliphatic hydroxyl groups excluding tert-OH is 1. The molecular weight excluding hydrogens is 164 g/mol. The summed E-state index contributed by atoms with van der Waals surface area (Å²) in [6.07, 6.45) is 2.42. The van der Waals surface area contributed by atoms with Crippen LogP contribution in [-0.2, 0) is 0 Å². The predicted octanol–water partition coefficient (Wildman–Crippen LogP) is 0.299. The first kappa shape index (κ1) is 11.0. The SMILES string of the molecule is C[C@H](O)CN(C)CC1CCCNC1. The fraction of sp³-hybridized carbons (Fsp3) is 1.00. The van der Waals surface area contributed by atoms with Crippen molar-refractivity contribution in [2.75, 3.05) is 33.2 Å². The maximum atomic E-state index is 9.19. The van der Waals surface area contributed by atoms with Gasteiger partial charge in [0, 0.05) is 13.1 Å². The van der Waals surface area contributed by atoms with Crippen molar-refractivity contribution in [3.8, 4) is 0 Å². The highest BCUT2D eigenvalue weighted by Gasteiger charge is 2.15. The highest BCUT2D eigenvalue weighted by molar-refractivity contribution is 4.72. The molecule has 1 fully saturated rings. The van der Waals surface area contributed by atoms with E-state index in [4.69, 9.17) is 0 Å². The summed E-state index contributed by atoms with van der Waals surface area (Å²) in [5.74, 6) is 0.775. The molecule has 1 rings (SSSR count). The Bertz CT molecular complexity index is 133. The Hall–Kier alpha value is -0.120. The van der Waals surface area contributed by atoms with Gasteiger partial charge >= 0.3 is 0 Å². The van der Waals surface area contributed by atoms with E-state index < -0.39 is 0 Å². The van der Waals surface area contributed by atoms with E-state index in [0.29, 0.717) is 0 Å². The molecule has 0 saturated carbocycles. The maximum absolute atomic E-state index is 9.19. The molecule has 0 amide bonds. The van der Waals surface area contributed by atoms with E-state index in [2.05, 4.69) is 17.3 Å². The molecule has 13 heavy (non-hydrogen) atoms. The third kappa shape index (κ3) is 4.60. The first-order valence-electron chi connectivity index (χ1n) is 5.26. The standard InChI is InChI=1S/C10H22N2O/c1-9(13)7-12(2)8-10-4-3-5-11-6-10/h9-11,13H,3-8H2,1-2H3/t9-,10?/m0/s1. The molecule has 1 heterocycles. The molecule has 1 saturated heterocycles. The Morgan fingerprint density at radius 3 is 2.92 bits per heavy atom. The van der Waals surface area contributed by atoms with Gasteiger partial charge in [-0.15, -0.1) is 0 Å². The molecule has 3 heteroatoms. The molecule has 3 nitrogen and oxygen atoms in total. The first-order valence-corrected chi connectivity index (χ1v) is 5.26. The monoisotopic (exact) mass is 186 g/mol. The third-order valence-electron chi connectivity index (χ3n) is 2.54. The topological polar surface area (TPSA) is 35.5 Å². The Kier molecular flexibility index (Phi) is 4.70. The number of likely N-dealkylation sites (N-methyl/N-ethyl adjacent to an activating group) is 1. The van der Waals surface area contributed by atoms with E-state index in [1.54, 1.807) is 0 Å². The van der Waals surface area contributed by atoms with Crippen molar-refractivity contribution in [2.45, 2.75) is 25.9 Å². The van der Waals surface area contributed by atoms with Gasteiger partial charge in [0.15, 0.2) is 0 Å². The van der Waals surface area contributed by atoms with Crippen molar-refractivity contribution in [2.24, 2.45) is 5.92 Å². The van der Waals surface area contributed by atoms with Crippen LogP contribution in [0, 0.1) is 5.92 Å². The Balaban J connectivity index is 2.14. The number of hydrogen-bond donors (Lipinski definition) is 2. The summed E-state index contributed by atoms with van der Waals surface area (Å²) in [6, 6.07) is 0. The van der Waals surface area contributed by atoms with Gasteiger partial charge in [0.2, 0.25) is 0 Å². The number of aliphatic hydroxyl groups is 1. The van der Waals surface area contributed by atoms with Crippen LogP contribution < -0.4 is 5.32 Å². The summed E-state index contributed by atoms with van der Waals surface area (Å²) in [5.41, 5.74) is 0. The van der Waals surface area contributed by atoms with Crippen LogP contribution in [0.5, 0.6) is 0 Å². The molecule has 1 unspecified atom stereocenters. The van der Waals surface area contributed by atoms with Crippen LogP contribution >= 0.6 is 0 Å². The van der Waals surface area contributed by atoms with Crippen molar-refractivity contribution < 1.29 is 5.11 Å². The molecule has 0 aromatic carbocycles. The molecule has 1 aliphatic rings. The molecule has 0 radical (unpaired) electrons. The van der Waals surface area contributed by atoms with Gasteiger partial charge < -0.3 is 15.3 Å². The molecule has 2 atom stereocenters. The third-order valence-corrected chi connectivity index (χ3v) is 2.54. The summed E-state index contributed by atoms with van der Waals surface area (Å²) in [4.78, 5) is 2.22. The molecule has 0 aromatic heterocycles. The maximum Gasteiger partial charge on any atom is 0.0638 e. The highest BCUT2D eigenvalue weighted by Crippen LogP contribution is 2.10. The molecular formula is C10H22N2O. The van der Waals surface area contributed by atoms with Gasteiger partial charge in [-0.2, -0.15) is 0 Å². The van der Waals surface area contributed by atoms with E-state index in [1.165, 1.54) is 19.4 Å². The lowest BCUT2D eigenvalue weighted by molar-refractivity contribution is 0.128. The molecule has 0 spiro atoms. The fourth-order valence-electron chi connectivity index (χ4n) is 2.05. The Morgan fingerprint density at radius 2 is 2.38 bits per heavy atom. The van der Waals surface area contributed by atoms with Crippen LogP contribution in [0.3, 0.4) is 0 Å². The molecule has 1 aliphatic heterocycles. The van der Waals surface area contributed by atoms with Gasteiger partial charge in [-0.1, -0.05) is 0 Å². The molecule has 78 valence electrons. The van der Waals surface area contributed by atoms with Gasteiger partial charge in [0.1, 0.15) is 0 Å². The van der Waals surface area contributed by atoms with E-state index >= 15 is 0 Å². The number of nitrogens with zero attached hydrogens (tertiary/aromatic N) is 1. The smallest absolute Gasteiger partial charge is 0.0638 e. The van der Waals surface area contributed by atoms with Crippen molar-refractivity contribution in [1.29, 1.82) is 0 Å². The zero-order valence-electron chi connectivity index (χ0n) is 8.79. The fourth-order valence-corrected chi connectivity index (χ4v) is 2.05. The number of rotatable bonds is 4. The second-order valence-corrected chi connectivity index (χ2v) is 4.28. The second kappa shape index (κ2) is 5.58. The molecule has 0 aliphatic carbocycles. The van der Waals surface area contributed by atoms with Crippen molar-refractivity contribution in [3.63, 3.8) is 0 Å². The summed E-state index contributed by atoms with van der Waals surface area (Å²) in [5, 5.41) is 12.6. The Labute approximate surface area is 81.1 Å². The van der Waals surface area contributed by atoms with Crippen molar-refractivity contribution in [3.05, 3.63) is 0 Å². The van der Waals surface area contributed by atoms with Crippen LogP contribution in [0.15, 0.2) is 0 Å². The van der Waals surface area contributed by atoms with E-state index in [-0.39, 0.29) is 6.10 Å². The summed E-state index contributed by atoms with van der Waals surface area (Å²) >= 11 is 0. The summed E-state index contributed by atoms with van der Waals surface area (Å²) in [7, 11) is 2.08. The zero-order chi connectivity index (χ0) is 9.68. The lowest BCUT2D eigenvalue weighted by atomic mass is 9.99. The molecule has 0 aromatic rings. The van der Waals surface area contributed by atoms with Crippen LogP contribution in [0.4, 0.5) is 0 Å². The van der Waals surface area contributed by atoms with Crippen LogP contribution in [0.1, 0.15) is 19.8 Å². The number of piperidine rings is 1. The first-order chi connectivity index (χ1) is 6.18. The summed E-state index contributed by atoms with van der Waals surface area (Å²) in [6.45, 7) is 6.06. The van der Waals surface area contributed by atoms with Crippen molar-refractivity contribution >= 4 is 0 Å².